The van der Waals surface area contributed by atoms with Gasteiger partial charge in [0, 0.05) is 5.41 Å². The van der Waals surface area contributed by atoms with Gasteiger partial charge < -0.3 is 14.6 Å². The number of allylic oxidation sites excluding steroid dienone is 1. The Kier molecular flexibility index (Phi) is 4.23. The van der Waals surface area contributed by atoms with Gasteiger partial charge in [0.15, 0.2) is 0 Å². The van der Waals surface area contributed by atoms with Crippen LogP contribution in [-0.2, 0) is 0 Å². The molecule has 3 nitrogen and oxygen atoms in total. The topological polar surface area (TPSA) is 53.6 Å². The molecule has 2 N–H and O–H groups in total. The number of aryl methyl sites for hydroxylation is 1. The molecule has 4 aliphatic rings. The predicted molar refractivity (Wildman–Crippen MR) is 111 cm³/mol. The minimum Gasteiger partial charge on any atom is -0.462 e. The van der Waals surface area contributed by atoms with Gasteiger partial charge in [-0.05, 0) is 98.8 Å². The highest BCUT2D eigenvalue weighted by molar-refractivity contribution is 5.51. The predicted octanol–water partition coefficient (Wildman–Crippen LogP) is 5.27. The first-order valence-electron chi connectivity index (χ1n) is 11.1. The highest BCUT2D eigenvalue weighted by Crippen LogP contribution is 2.65. The third kappa shape index (κ3) is 2.62. The van der Waals surface area contributed by atoms with Crippen LogP contribution in [0, 0.1) is 35.5 Å². The molecule has 28 heavy (non-hydrogen) atoms. The van der Waals surface area contributed by atoms with E-state index in [1.165, 1.54) is 12.0 Å². The zero-order chi connectivity index (χ0) is 19.7. The maximum atomic E-state index is 11.3. The largest absolute Gasteiger partial charge is 0.462 e. The summed E-state index contributed by atoms with van der Waals surface area (Å²) in [7, 11) is 0. The van der Waals surface area contributed by atoms with Crippen molar-refractivity contribution in [2.24, 2.45) is 28.6 Å². The Morgan fingerprint density at radius 3 is 2.64 bits per heavy atom. The van der Waals surface area contributed by atoms with E-state index in [1.54, 1.807) is 0 Å². The number of fused-ring (bicyclic) bond motifs is 5. The van der Waals surface area contributed by atoms with Gasteiger partial charge in [0.05, 0.1) is 12.2 Å². The van der Waals surface area contributed by atoms with Crippen molar-refractivity contribution in [1.29, 1.82) is 0 Å². The van der Waals surface area contributed by atoms with Crippen molar-refractivity contribution in [3.8, 4) is 0 Å². The van der Waals surface area contributed by atoms with Crippen molar-refractivity contribution in [2.75, 3.05) is 0 Å². The van der Waals surface area contributed by atoms with E-state index in [-0.39, 0.29) is 23.0 Å². The van der Waals surface area contributed by atoms with Crippen LogP contribution in [0.4, 0.5) is 0 Å². The van der Waals surface area contributed by atoms with Crippen LogP contribution >= 0.6 is 0 Å². The van der Waals surface area contributed by atoms with Gasteiger partial charge in [0.25, 0.3) is 0 Å². The number of hydrogen-bond donors (Lipinski definition) is 2. The Balaban J connectivity index is 1.47. The second kappa shape index (κ2) is 6.34. The van der Waals surface area contributed by atoms with Gasteiger partial charge >= 0.3 is 0 Å². The molecule has 7 atom stereocenters. The Labute approximate surface area is 168 Å². The van der Waals surface area contributed by atoms with Crippen LogP contribution in [0.25, 0.3) is 6.08 Å². The molecule has 0 unspecified atom stereocenters. The highest BCUT2D eigenvalue weighted by atomic mass is 16.3. The van der Waals surface area contributed by atoms with Crippen molar-refractivity contribution in [3.63, 3.8) is 0 Å². The van der Waals surface area contributed by atoms with Gasteiger partial charge in [-0.25, -0.2) is 0 Å². The first kappa shape index (κ1) is 18.7. The van der Waals surface area contributed by atoms with E-state index in [0.717, 1.165) is 55.6 Å². The van der Waals surface area contributed by atoms with E-state index in [9.17, 15) is 10.2 Å². The fourth-order valence-corrected chi connectivity index (χ4v) is 7.35. The van der Waals surface area contributed by atoms with Gasteiger partial charge in [0.1, 0.15) is 11.5 Å². The standard InChI is InChI=1S/C25H34O3/c1-15-4-6-19(28-15)12-16-13-22-20-7-5-17-14-18(26)8-10-24(17,2)21(20)9-11-25(22,3)23(16)27/h4-6,12,18,20-23,26-27H,7-11,13-14H2,1-3H3/b16-12-/t18-,20+,21-,22-,23-,24-,25-/m0/s1. The van der Waals surface area contributed by atoms with Crippen molar-refractivity contribution < 1.29 is 14.6 Å². The van der Waals surface area contributed by atoms with Crippen LogP contribution in [0.15, 0.2) is 33.8 Å². The molecule has 0 spiro atoms. The summed E-state index contributed by atoms with van der Waals surface area (Å²) < 4.78 is 5.76. The molecular formula is C25H34O3. The average Bonchev–Trinajstić information content (AvgIpc) is 3.18. The van der Waals surface area contributed by atoms with Crippen LogP contribution in [0.2, 0.25) is 0 Å². The average molecular weight is 383 g/mol. The lowest BCUT2D eigenvalue weighted by Crippen LogP contribution is -2.51. The molecule has 0 aromatic carbocycles. The molecule has 1 heterocycles. The van der Waals surface area contributed by atoms with Crippen LogP contribution in [-0.4, -0.2) is 22.4 Å². The van der Waals surface area contributed by atoms with Crippen molar-refractivity contribution in [1.82, 2.24) is 0 Å². The van der Waals surface area contributed by atoms with Gasteiger partial charge in [-0.3, -0.25) is 0 Å². The molecule has 4 aliphatic carbocycles. The van der Waals surface area contributed by atoms with E-state index in [1.807, 2.05) is 19.1 Å². The molecule has 5 rings (SSSR count). The molecule has 3 saturated carbocycles. The SMILES string of the molecule is Cc1ccc(/C=C2/C[C@H]3[C@@H]4CC=C5C[C@@H](O)CC[C@]5(C)[C@H]4CC[C@]3(C)[C@H]2O)o1. The lowest BCUT2D eigenvalue weighted by molar-refractivity contribution is -0.0685. The van der Waals surface area contributed by atoms with Gasteiger partial charge in [0.2, 0.25) is 0 Å². The molecular weight excluding hydrogens is 348 g/mol. The maximum Gasteiger partial charge on any atom is 0.127 e. The Bertz CT molecular complexity index is 833. The molecule has 3 heteroatoms. The number of aliphatic hydroxyl groups excluding tert-OH is 2. The summed E-state index contributed by atoms with van der Waals surface area (Å²) in [5.41, 5.74) is 2.89. The zero-order valence-corrected chi connectivity index (χ0v) is 17.4. The number of aliphatic hydroxyl groups is 2. The molecule has 1 aromatic rings. The molecule has 0 aliphatic heterocycles. The van der Waals surface area contributed by atoms with E-state index in [4.69, 9.17) is 4.42 Å². The summed E-state index contributed by atoms with van der Waals surface area (Å²) in [6.45, 7) is 6.74. The van der Waals surface area contributed by atoms with Crippen LogP contribution in [0.5, 0.6) is 0 Å². The first-order chi connectivity index (χ1) is 13.3. The quantitative estimate of drug-likeness (QED) is 0.651. The van der Waals surface area contributed by atoms with Gasteiger partial charge in [-0.1, -0.05) is 25.5 Å². The third-order valence-corrected chi connectivity index (χ3v) is 9.04. The summed E-state index contributed by atoms with van der Waals surface area (Å²) in [5.74, 6) is 3.65. The normalized spacial score (nSPS) is 46.7. The van der Waals surface area contributed by atoms with E-state index >= 15 is 0 Å². The van der Waals surface area contributed by atoms with Crippen molar-refractivity contribution >= 4 is 6.08 Å². The van der Waals surface area contributed by atoms with Crippen LogP contribution < -0.4 is 0 Å². The number of hydrogen-bond acceptors (Lipinski definition) is 3. The van der Waals surface area contributed by atoms with E-state index in [0.29, 0.717) is 17.8 Å². The fraction of sp³-hybridized carbons (Fsp3) is 0.680. The second-order valence-electron chi connectivity index (χ2n) is 10.5. The Morgan fingerprint density at radius 1 is 1.07 bits per heavy atom. The summed E-state index contributed by atoms with van der Waals surface area (Å²) >= 11 is 0. The molecule has 152 valence electrons. The molecule has 0 bridgehead atoms. The minimum atomic E-state index is -0.366. The summed E-state index contributed by atoms with van der Waals surface area (Å²) in [5, 5.41) is 21.4. The Morgan fingerprint density at radius 2 is 1.89 bits per heavy atom. The third-order valence-electron chi connectivity index (χ3n) is 9.04. The maximum absolute atomic E-state index is 11.3. The van der Waals surface area contributed by atoms with Gasteiger partial charge in [-0.2, -0.15) is 0 Å². The zero-order valence-electron chi connectivity index (χ0n) is 17.4. The summed E-state index contributed by atoms with van der Waals surface area (Å²) in [6.07, 6.45) is 11.4. The minimum absolute atomic E-state index is 0.0233. The van der Waals surface area contributed by atoms with E-state index < -0.39 is 0 Å². The van der Waals surface area contributed by atoms with Crippen LogP contribution in [0.1, 0.15) is 70.3 Å². The first-order valence-corrected chi connectivity index (χ1v) is 11.1. The fourth-order valence-electron chi connectivity index (χ4n) is 7.35. The number of rotatable bonds is 1. The highest BCUT2D eigenvalue weighted by Gasteiger charge is 2.59. The summed E-state index contributed by atoms with van der Waals surface area (Å²) in [6, 6.07) is 4.00. The second-order valence-corrected chi connectivity index (χ2v) is 10.5. The molecule has 3 fully saturated rings. The molecule has 1 aromatic heterocycles. The molecule has 0 amide bonds. The van der Waals surface area contributed by atoms with Crippen LogP contribution in [0.3, 0.4) is 0 Å². The Hall–Kier alpha value is -1.32. The molecule has 0 saturated heterocycles. The smallest absolute Gasteiger partial charge is 0.127 e. The summed E-state index contributed by atoms with van der Waals surface area (Å²) in [4.78, 5) is 0. The number of furan rings is 1. The molecule has 0 radical (unpaired) electrons. The van der Waals surface area contributed by atoms with E-state index in [2.05, 4.69) is 26.0 Å². The monoisotopic (exact) mass is 382 g/mol. The van der Waals surface area contributed by atoms with Crippen molar-refractivity contribution in [2.45, 2.75) is 77.9 Å². The lowest BCUT2D eigenvalue weighted by atomic mass is 9.48. The van der Waals surface area contributed by atoms with Crippen molar-refractivity contribution in [3.05, 3.63) is 40.9 Å². The lowest BCUT2D eigenvalue weighted by Gasteiger charge is -2.57. The van der Waals surface area contributed by atoms with Gasteiger partial charge in [-0.15, -0.1) is 0 Å².